The number of halogens is 1. The molecule has 4 nitrogen and oxygen atoms in total. The van der Waals surface area contributed by atoms with Gasteiger partial charge >= 0.3 is 0 Å². The summed E-state index contributed by atoms with van der Waals surface area (Å²) in [4.78, 5) is 14.4. The molecule has 1 amide bonds. The second kappa shape index (κ2) is 5.54. The van der Waals surface area contributed by atoms with E-state index in [1.165, 1.54) is 23.5 Å². The molecule has 1 heterocycles. The molecule has 0 unspecified atom stereocenters. The summed E-state index contributed by atoms with van der Waals surface area (Å²) in [7, 11) is 3.87. The fourth-order valence-corrected chi connectivity index (χ4v) is 2.75. The molecule has 0 spiro atoms. The Morgan fingerprint density at radius 2 is 2.21 bits per heavy atom. The highest BCUT2D eigenvalue weighted by Crippen LogP contribution is 2.33. The van der Waals surface area contributed by atoms with Crippen LogP contribution in [0.3, 0.4) is 0 Å². The number of carbonyl (C=O) groups excluding carboxylic acids is 1. The number of likely N-dealkylation sites (N-methyl/N-ethyl adjacent to an activating group) is 1. The van der Waals surface area contributed by atoms with Crippen LogP contribution in [0.2, 0.25) is 0 Å². The van der Waals surface area contributed by atoms with Gasteiger partial charge in [-0.15, -0.1) is 11.3 Å². The first-order valence-electron chi connectivity index (χ1n) is 5.89. The van der Waals surface area contributed by atoms with Crippen molar-refractivity contribution in [2.24, 2.45) is 0 Å². The fraction of sp³-hybridized carbons (Fsp3) is 0.308. The molecule has 3 N–H and O–H groups in total. The highest BCUT2D eigenvalue weighted by Gasteiger charge is 2.16. The summed E-state index contributed by atoms with van der Waals surface area (Å²) in [6, 6.07) is 4.37. The van der Waals surface area contributed by atoms with E-state index in [4.69, 9.17) is 5.73 Å². The molecule has 0 bridgehead atoms. The van der Waals surface area contributed by atoms with E-state index in [0.29, 0.717) is 22.5 Å². The minimum absolute atomic E-state index is 0.207. The van der Waals surface area contributed by atoms with Crippen LogP contribution in [0.25, 0.3) is 10.1 Å². The van der Waals surface area contributed by atoms with Gasteiger partial charge in [-0.2, -0.15) is 0 Å². The van der Waals surface area contributed by atoms with Gasteiger partial charge in [-0.3, -0.25) is 4.79 Å². The molecule has 0 aliphatic heterocycles. The summed E-state index contributed by atoms with van der Waals surface area (Å²) in [5, 5.41) is 3.40. The monoisotopic (exact) mass is 281 g/mol. The van der Waals surface area contributed by atoms with Crippen molar-refractivity contribution in [3.63, 3.8) is 0 Å². The molecule has 0 aliphatic carbocycles. The minimum Gasteiger partial charge on any atom is -0.397 e. The molecule has 1 aromatic carbocycles. The second-order valence-corrected chi connectivity index (χ2v) is 5.60. The zero-order valence-corrected chi connectivity index (χ0v) is 11.7. The zero-order valence-electron chi connectivity index (χ0n) is 10.9. The average molecular weight is 281 g/mol. The number of fused-ring (bicyclic) bond motifs is 1. The molecule has 0 fully saturated rings. The summed E-state index contributed by atoms with van der Waals surface area (Å²) in [6.07, 6.45) is 0. The summed E-state index contributed by atoms with van der Waals surface area (Å²) in [5.41, 5.74) is 6.26. The number of rotatable bonds is 4. The van der Waals surface area contributed by atoms with Crippen LogP contribution in [0.1, 0.15) is 9.67 Å². The third-order valence-electron chi connectivity index (χ3n) is 2.74. The average Bonchev–Trinajstić information content (AvgIpc) is 2.66. The first-order chi connectivity index (χ1) is 8.99. The van der Waals surface area contributed by atoms with Crippen molar-refractivity contribution in [3.8, 4) is 0 Å². The number of nitrogens with two attached hydrogens (primary N) is 1. The van der Waals surface area contributed by atoms with Crippen LogP contribution in [-0.4, -0.2) is 38.0 Å². The van der Waals surface area contributed by atoms with Gasteiger partial charge in [-0.25, -0.2) is 4.39 Å². The highest BCUT2D eigenvalue weighted by atomic mass is 32.1. The maximum absolute atomic E-state index is 13.2. The van der Waals surface area contributed by atoms with E-state index in [0.717, 1.165) is 11.2 Å². The van der Waals surface area contributed by atoms with E-state index in [1.807, 2.05) is 19.0 Å². The van der Waals surface area contributed by atoms with Crippen LogP contribution < -0.4 is 11.1 Å². The van der Waals surface area contributed by atoms with E-state index in [2.05, 4.69) is 5.32 Å². The topological polar surface area (TPSA) is 58.4 Å². The lowest BCUT2D eigenvalue weighted by Gasteiger charge is -2.09. The predicted molar refractivity (Wildman–Crippen MR) is 77.1 cm³/mol. The quantitative estimate of drug-likeness (QED) is 0.900. The highest BCUT2D eigenvalue weighted by molar-refractivity contribution is 7.21. The van der Waals surface area contributed by atoms with Crippen LogP contribution in [-0.2, 0) is 0 Å². The first kappa shape index (κ1) is 13.8. The number of thiophene rings is 1. The fourth-order valence-electron chi connectivity index (χ4n) is 1.73. The van der Waals surface area contributed by atoms with E-state index >= 15 is 0 Å². The molecule has 2 rings (SSSR count). The Kier molecular flexibility index (Phi) is 4.01. The SMILES string of the molecule is CN(C)CCNC(=O)c1sc2ccc(F)cc2c1N. The van der Waals surface area contributed by atoms with Crippen molar-refractivity contribution in [2.45, 2.75) is 0 Å². The molecule has 0 saturated heterocycles. The summed E-state index contributed by atoms with van der Waals surface area (Å²) >= 11 is 1.28. The van der Waals surface area contributed by atoms with Crippen molar-refractivity contribution in [2.75, 3.05) is 32.9 Å². The van der Waals surface area contributed by atoms with Crippen LogP contribution >= 0.6 is 11.3 Å². The molecule has 0 saturated carbocycles. The second-order valence-electron chi connectivity index (χ2n) is 4.54. The Hall–Kier alpha value is -1.66. The number of benzene rings is 1. The van der Waals surface area contributed by atoms with E-state index in [9.17, 15) is 9.18 Å². The predicted octanol–water partition coefficient (Wildman–Crippen LogP) is 1.91. The molecule has 2 aromatic rings. The van der Waals surface area contributed by atoms with Crippen LogP contribution in [0.5, 0.6) is 0 Å². The van der Waals surface area contributed by atoms with Crippen molar-refractivity contribution >= 4 is 33.0 Å². The summed E-state index contributed by atoms with van der Waals surface area (Å²) in [5.74, 6) is -0.558. The lowest BCUT2D eigenvalue weighted by Crippen LogP contribution is -2.31. The third kappa shape index (κ3) is 3.02. The van der Waals surface area contributed by atoms with Gasteiger partial charge in [0.25, 0.3) is 5.91 Å². The maximum atomic E-state index is 13.2. The lowest BCUT2D eigenvalue weighted by atomic mass is 10.2. The number of carbonyl (C=O) groups is 1. The first-order valence-corrected chi connectivity index (χ1v) is 6.71. The summed E-state index contributed by atoms with van der Waals surface area (Å²) < 4.78 is 14.0. The van der Waals surface area contributed by atoms with Gasteiger partial charge in [0.15, 0.2) is 0 Å². The van der Waals surface area contributed by atoms with Crippen LogP contribution in [0, 0.1) is 5.82 Å². The molecule has 0 radical (unpaired) electrons. The Labute approximate surface area is 115 Å². The van der Waals surface area contributed by atoms with Crippen molar-refractivity contribution in [3.05, 3.63) is 28.9 Å². The van der Waals surface area contributed by atoms with Crippen molar-refractivity contribution < 1.29 is 9.18 Å². The molecule has 1 aromatic heterocycles. The van der Waals surface area contributed by atoms with Gasteiger partial charge in [0.2, 0.25) is 0 Å². The number of hydrogen-bond acceptors (Lipinski definition) is 4. The van der Waals surface area contributed by atoms with E-state index in [1.54, 1.807) is 6.07 Å². The van der Waals surface area contributed by atoms with E-state index in [-0.39, 0.29) is 11.7 Å². The molecule has 19 heavy (non-hydrogen) atoms. The Balaban J connectivity index is 2.20. The molecule has 6 heteroatoms. The minimum atomic E-state index is -0.350. The molecular weight excluding hydrogens is 265 g/mol. The maximum Gasteiger partial charge on any atom is 0.263 e. The van der Waals surface area contributed by atoms with Crippen LogP contribution in [0.15, 0.2) is 18.2 Å². The van der Waals surface area contributed by atoms with Gasteiger partial charge in [0.05, 0.1) is 5.69 Å². The van der Waals surface area contributed by atoms with Gasteiger partial charge in [0.1, 0.15) is 10.7 Å². The Morgan fingerprint density at radius 1 is 1.47 bits per heavy atom. The largest absolute Gasteiger partial charge is 0.397 e. The lowest BCUT2D eigenvalue weighted by molar-refractivity contribution is 0.0956. The smallest absolute Gasteiger partial charge is 0.263 e. The normalized spacial score (nSPS) is 11.2. The number of amides is 1. The van der Waals surface area contributed by atoms with Gasteiger partial charge in [0, 0.05) is 23.2 Å². The number of nitrogens with one attached hydrogen (secondary N) is 1. The van der Waals surface area contributed by atoms with E-state index < -0.39 is 0 Å². The number of nitrogens with zero attached hydrogens (tertiary/aromatic N) is 1. The van der Waals surface area contributed by atoms with Gasteiger partial charge in [-0.05, 0) is 32.3 Å². The molecule has 0 aliphatic rings. The van der Waals surface area contributed by atoms with Crippen molar-refractivity contribution in [1.29, 1.82) is 0 Å². The van der Waals surface area contributed by atoms with Gasteiger partial charge < -0.3 is 16.0 Å². The van der Waals surface area contributed by atoms with Gasteiger partial charge in [-0.1, -0.05) is 0 Å². The number of hydrogen-bond donors (Lipinski definition) is 2. The zero-order chi connectivity index (χ0) is 14.0. The summed E-state index contributed by atoms with van der Waals surface area (Å²) in [6.45, 7) is 1.30. The standard InChI is InChI=1S/C13H16FN3OS/c1-17(2)6-5-16-13(18)12-11(15)9-7-8(14)3-4-10(9)19-12/h3-4,7H,5-6,15H2,1-2H3,(H,16,18). The number of nitrogen functional groups attached to an aromatic ring is 1. The molecule has 102 valence electrons. The van der Waals surface area contributed by atoms with Crippen molar-refractivity contribution in [1.82, 2.24) is 10.2 Å². The molecular formula is C13H16FN3OS. The Morgan fingerprint density at radius 3 is 2.89 bits per heavy atom. The third-order valence-corrected chi connectivity index (χ3v) is 3.92. The molecule has 0 atom stereocenters. The number of anilines is 1. The Bertz CT molecular complexity index is 609. The van der Waals surface area contributed by atoms with Crippen LogP contribution in [0.4, 0.5) is 10.1 Å².